The molecule has 4 rings (SSSR count). The number of carbonyl (C=O) groups is 2. The number of hydrogen-bond acceptors (Lipinski definition) is 3. The van der Waals surface area contributed by atoms with Crippen LogP contribution in [0.5, 0.6) is 0 Å². The largest absolute Gasteiger partial charge is 0.313 e. The minimum absolute atomic E-state index is 0.202. The van der Waals surface area contributed by atoms with Crippen LogP contribution in [0.1, 0.15) is 65.7 Å². The quantitative estimate of drug-likeness (QED) is 0.806. The summed E-state index contributed by atoms with van der Waals surface area (Å²) >= 11 is 0. The van der Waals surface area contributed by atoms with Gasteiger partial charge in [0, 0.05) is 24.8 Å². The van der Waals surface area contributed by atoms with Crippen LogP contribution in [0.4, 0.5) is 0 Å². The van der Waals surface area contributed by atoms with E-state index in [0.717, 1.165) is 32.2 Å². The molecule has 3 heteroatoms. The Balaban J connectivity index is 1.63. The molecule has 3 saturated carbocycles. The van der Waals surface area contributed by atoms with Gasteiger partial charge in [-0.3, -0.25) is 9.59 Å². The second kappa shape index (κ2) is 5.15. The van der Waals surface area contributed by atoms with Gasteiger partial charge < -0.3 is 5.32 Å². The Hall–Kier alpha value is -0.700. The Morgan fingerprint density at radius 1 is 1.09 bits per heavy atom. The molecule has 0 bridgehead atoms. The van der Waals surface area contributed by atoms with E-state index in [1.165, 1.54) is 19.3 Å². The van der Waals surface area contributed by atoms with Crippen molar-refractivity contribution >= 4 is 11.6 Å². The van der Waals surface area contributed by atoms with E-state index in [2.05, 4.69) is 19.2 Å². The molecule has 4 fully saturated rings. The number of Topliss-reactive ketones (excluding diaryl/α,β-unsaturated/α-hetero) is 2. The van der Waals surface area contributed by atoms with Crippen molar-refractivity contribution in [1.82, 2.24) is 5.32 Å². The van der Waals surface area contributed by atoms with Crippen LogP contribution in [-0.4, -0.2) is 24.2 Å². The Bertz CT molecular complexity index is 544. The number of piperidine rings is 1. The number of ketones is 2. The summed E-state index contributed by atoms with van der Waals surface area (Å²) in [7, 11) is 0. The van der Waals surface area contributed by atoms with Gasteiger partial charge in [0.15, 0.2) is 0 Å². The summed E-state index contributed by atoms with van der Waals surface area (Å²) in [5.74, 6) is 3.00. The van der Waals surface area contributed by atoms with E-state index in [4.69, 9.17) is 0 Å². The number of rotatable bonds is 1. The maximum atomic E-state index is 12.1. The fraction of sp³-hybridized carbons (Fsp3) is 0.900. The minimum atomic E-state index is 0.202. The van der Waals surface area contributed by atoms with Crippen molar-refractivity contribution in [2.45, 2.75) is 71.8 Å². The summed E-state index contributed by atoms with van der Waals surface area (Å²) < 4.78 is 0. The number of carbonyl (C=O) groups excluding carboxylic acids is 2. The zero-order chi connectivity index (χ0) is 16.4. The molecule has 7 atom stereocenters. The molecule has 0 aromatic carbocycles. The third-order valence-corrected chi connectivity index (χ3v) is 8.56. The summed E-state index contributed by atoms with van der Waals surface area (Å²) in [6.07, 6.45) is 7.36. The molecule has 0 aromatic heterocycles. The summed E-state index contributed by atoms with van der Waals surface area (Å²) in [5, 5.41) is 3.86. The molecule has 0 radical (unpaired) electrons. The van der Waals surface area contributed by atoms with Gasteiger partial charge in [-0.25, -0.2) is 0 Å². The molecular weight excluding hydrogens is 286 g/mol. The van der Waals surface area contributed by atoms with Gasteiger partial charge in [-0.2, -0.15) is 0 Å². The van der Waals surface area contributed by atoms with E-state index in [9.17, 15) is 9.59 Å². The first-order valence-electron chi connectivity index (χ1n) is 9.62. The molecule has 4 aliphatic rings. The van der Waals surface area contributed by atoms with Gasteiger partial charge in [-0.1, -0.05) is 13.8 Å². The van der Waals surface area contributed by atoms with Gasteiger partial charge in [0.25, 0.3) is 0 Å². The second-order valence-electron chi connectivity index (χ2n) is 9.38. The normalized spacial score (nSPS) is 52.5. The van der Waals surface area contributed by atoms with Gasteiger partial charge in [0.2, 0.25) is 0 Å². The molecule has 1 N–H and O–H groups in total. The maximum absolute atomic E-state index is 12.1. The number of nitrogens with one attached hydrogen (secondary N) is 1. The van der Waals surface area contributed by atoms with Gasteiger partial charge in [-0.15, -0.1) is 0 Å². The van der Waals surface area contributed by atoms with Crippen LogP contribution in [0.2, 0.25) is 0 Å². The van der Waals surface area contributed by atoms with Crippen molar-refractivity contribution in [1.29, 1.82) is 0 Å². The van der Waals surface area contributed by atoms with E-state index in [-0.39, 0.29) is 11.3 Å². The highest BCUT2D eigenvalue weighted by Gasteiger charge is 2.60. The molecule has 0 unspecified atom stereocenters. The van der Waals surface area contributed by atoms with Gasteiger partial charge in [0.1, 0.15) is 11.6 Å². The molecular formula is C20H31NO2. The first kappa shape index (κ1) is 15.8. The summed E-state index contributed by atoms with van der Waals surface area (Å²) in [6.45, 7) is 7.64. The molecule has 1 saturated heterocycles. The van der Waals surface area contributed by atoms with E-state index >= 15 is 0 Å². The first-order valence-corrected chi connectivity index (χ1v) is 9.62. The number of fused-ring (bicyclic) bond motifs is 5. The van der Waals surface area contributed by atoms with Crippen molar-refractivity contribution in [3.63, 3.8) is 0 Å². The van der Waals surface area contributed by atoms with Gasteiger partial charge in [-0.05, 0) is 74.2 Å². The fourth-order valence-electron chi connectivity index (χ4n) is 7.13. The van der Waals surface area contributed by atoms with Crippen molar-refractivity contribution in [3.8, 4) is 0 Å². The van der Waals surface area contributed by atoms with Crippen molar-refractivity contribution in [3.05, 3.63) is 0 Å². The van der Waals surface area contributed by atoms with E-state index < -0.39 is 0 Å². The van der Waals surface area contributed by atoms with Crippen molar-refractivity contribution < 1.29 is 9.59 Å². The van der Waals surface area contributed by atoms with Crippen LogP contribution < -0.4 is 5.32 Å². The smallest absolute Gasteiger partial charge is 0.133 e. The topological polar surface area (TPSA) is 46.2 Å². The third kappa shape index (κ3) is 2.11. The Labute approximate surface area is 140 Å². The molecule has 0 amide bonds. The fourth-order valence-corrected chi connectivity index (χ4v) is 7.13. The molecule has 1 heterocycles. The zero-order valence-electron chi connectivity index (χ0n) is 14.9. The van der Waals surface area contributed by atoms with Gasteiger partial charge in [0.05, 0.1) is 0 Å². The van der Waals surface area contributed by atoms with Crippen LogP contribution in [0.15, 0.2) is 0 Å². The Kier molecular flexibility index (Phi) is 3.54. The standard InChI is InChI=1S/C20H31NO2/c1-12(22)15-4-5-16-18-17(7-9-20(15,16)3)19(2)8-6-14(23)10-13(19)11-21-18/h13,15-18,21H,4-11H2,1-3H3/t13-,15-,16+,17+,18+,19+,20-/m1/s1. The average Bonchev–Trinajstić information content (AvgIpc) is 2.85. The van der Waals surface area contributed by atoms with E-state index in [1.54, 1.807) is 6.92 Å². The van der Waals surface area contributed by atoms with Crippen LogP contribution in [0.25, 0.3) is 0 Å². The van der Waals surface area contributed by atoms with Crippen molar-refractivity contribution in [2.24, 2.45) is 34.5 Å². The zero-order valence-corrected chi connectivity index (χ0v) is 14.9. The summed E-state index contributed by atoms with van der Waals surface area (Å²) in [6, 6.07) is 0.563. The Morgan fingerprint density at radius 3 is 2.57 bits per heavy atom. The van der Waals surface area contributed by atoms with Crippen LogP contribution in [0.3, 0.4) is 0 Å². The lowest BCUT2D eigenvalue weighted by atomic mass is 9.49. The van der Waals surface area contributed by atoms with E-state index in [0.29, 0.717) is 40.8 Å². The molecule has 3 nitrogen and oxygen atoms in total. The molecule has 0 spiro atoms. The lowest BCUT2D eigenvalue weighted by molar-refractivity contribution is -0.136. The molecule has 0 aromatic rings. The van der Waals surface area contributed by atoms with Crippen molar-refractivity contribution in [2.75, 3.05) is 6.54 Å². The van der Waals surface area contributed by atoms with Crippen LogP contribution in [-0.2, 0) is 9.59 Å². The lowest BCUT2D eigenvalue weighted by Crippen LogP contribution is -2.64. The molecule has 128 valence electrons. The van der Waals surface area contributed by atoms with Crippen LogP contribution in [0, 0.1) is 34.5 Å². The summed E-state index contributed by atoms with van der Waals surface area (Å²) in [5.41, 5.74) is 0.535. The predicted octanol–water partition coefficient (Wildman–Crippen LogP) is 3.37. The highest BCUT2D eigenvalue weighted by molar-refractivity contribution is 5.80. The maximum Gasteiger partial charge on any atom is 0.133 e. The summed E-state index contributed by atoms with van der Waals surface area (Å²) in [4.78, 5) is 24.0. The van der Waals surface area contributed by atoms with E-state index in [1.807, 2.05) is 0 Å². The van der Waals surface area contributed by atoms with Gasteiger partial charge >= 0.3 is 0 Å². The SMILES string of the molecule is CC(=O)[C@H]1CC[C@H]2[C@@H]3NC[C@H]4CC(=O)CC[C@]4(C)[C@H]3CC[C@]12C. The highest BCUT2D eigenvalue weighted by Crippen LogP contribution is 2.62. The molecule has 3 aliphatic carbocycles. The van der Waals surface area contributed by atoms with Crippen LogP contribution >= 0.6 is 0 Å². The molecule has 23 heavy (non-hydrogen) atoms. The lowest BCUT2D eigenvalue weighted by Gasteiger charge is -2.60. The Morgan fingerprint density at radius 2 is 1.83 bits per heavy atom. The minimum Gasteiger partial charge on any atom is -0.313 e. The molecule has 1 aliphatic heterocycles. The third-order valence-electron chi connectivity index (χ3n) is 8.56. The monoisotopic (exact) mass is 317 g/mol. The first-order chi connectivity index (χ1) is 10.9. The number of hydrogen-bond donors (Lipinski definition) is 1. The highest BCUT2D eigenvalue weighted by atomic mass is 16.1. The average molecular weight is 317 g/mol. The second-order valence-corrected chi connectivity index (χ2v) is 9.38. The predicted molar refractivity (Wildman–Crippen MR) is 90.0 cm³/mol.